The van der Waals surface area contributed by atoms with Crippen LogP contribution in [0.15, 0.2) is 53.7 Å². The highest BCUT2D eigenvalue weighted by Crippen LogP contribution is 2.24. The fraction of sp³-hybridized carbons (Fsp3) is 0.368. The lowest BCUT2D eigenvalue weighted by Gasteiger charge is -2.30. The number of pyridine rings is 1. The van der Waals surface area contributed by atoms with E-state index < -0.39 is 10.0 Å². The molecule has 0 saturated carbocycles. The van der Waals surface area contributed by atoms with Crippen LogP contribution in [-0.4, -0.2) is 36.7 Å². The minimum atomic E-state index is -3.49. The van der Waals surface area contributed by atoms with Gasteiger partial charge in [-0.05, 0) is 55.2 Å². The fourth-order valence-corrected chi connectivity index (χ4v) is 4.69. The SMILES string of the molecule is Cc1cccc(S(=O)(=O)N2CCC(C(=O)NCc3ccncc3)CC2)c1. The molecule has 138 valence electrons. The maximum atomic E-state index is 12.7. The number of nitrogens with zero attached hydrogens (tertiary/aromatic N) is 2. The normalized spacial score (nSPS) is 16.3. The molecule has 0 radical (unpaired) electrons. The highest BCUT2D eigenvalue weighted by atomic mass is 32.2. The van der Waals surface area contributed by atoms with Crippen LogP contribution in [0.25, 0.3) is 0 Å². The second kappa shape index (κ2) is 7.97. The number of hydrogen-bond acceptors (Lipinski definition) is 4. The standard InChI is InChI=1S/C19H23N3O3S/c1-15-3-2-4-18(13-15)26(24,25)22-11-7-17(8-12-22)19(23)21-14-16-5-9-20-10-6-16/h2-6,9-10,13,17H,7-8,11-12,14H2,1H3,(H,21,23). The Balaban J connectivity index is 1.56. The lowest BCUT2D eigenvalue weighted by Crippen LogP contribution is -2.42. The molecule has 1 amide bonds. The molecule has 2 aromatic rings. The fourth-order valence-electron chi connectivity index (χ4n) is 3.12. The summed E-state index contributed by atoms with van der Waals surface area (Å²) in [6.45, 7) is 3.06. The summed E-state index contributed by atoms with van der Waals surface area (Å²) in [7, 11) is -3.49. The van der Waals surface area contributed by atoms with Gasteiger partial charge in [0.05, 0.1) is 4.90 Å². The van der Waals surface area contributed by atoms with Crippen molar-refractivity contribution in [2.45, 2.75) is 31.2 Å². The van der Waals surface area contributed by atoms with Gasteiger partial charge in [0.25, 0.3) is 0 Å². The van der Waals surface area contributed by atoms with Crippen molar-refractivity contribution in [3.8, 4) is 0 Å². The molecule has 0 atom stereocenters. The molecule has 0 unspecified atom stereocenters. The smallest absolute Gasteiger partial charge is 0.243 e. The van der Waals surface area contributed by atoms with Gasteiger partial charge >= 0.3 is 0 Å². The molecular weight excluding hydrogens is 350 g/mol. The maximum Gasteiger partial charge on any atom is 0.243 e. The molecule has 2 heterocycles. The van der Waals surface area contributed by atoms with E-state index in [0.717, 1.165) is 11.1 Å². The van der Waals surface area contributed by atoms with E-state index in [-0.39, 0.29) is 11.8 Å². The highest BCUT2D eigenvalue weighted by Gasteiger charge is 2.31. The molecule has 26 heavy (non-hydrogen) atoms. The van der Waals surface area contributed by atoms with Crippen molar-refractivity contribution in [3.05, 3.63) is 59.9 Å². The van der Waals surface area contributed by atoms with Gasteiger partial charge in [0.1, 0.15) is 0 Å². The number of amides is 1. The zero-order valence-electron chi connectivity index (χ0n) is 14.8. The van der Waals surface area contributed by atoms with Crippen LogP contribution in [0.3, 0.4) is 0 Å². The number of carbonyl (C=O) groups is 1. The quantitative estimate of drug-likeness (QED) is 0.871. The summed E-state index contributed by atoms with van der Waals surface area (Å²) in [5.41, 5.74) is 1.91. The van der Waals surface area contributed by atoms with Gasteiger partial charge < -0.3 is 5.32 Å². The molecule has 1 N–H and O–H groups in total. The Kier molecular flexibility index (Phi) is 5.68. The molecule has 1 saturated heterocycles. The number of benzene rings is 1. The van der Waals surface area contributed by atoms with E-state index in [1.165, 1.54) is 4.31 Å². The Morgan fingerprint density at radius 2 is 1.88 bits per heavy atom. The van der Waals surface area contributed by atoms with Gasteiger partial charge in [-0.1, -0.05) is 12.1 Å². The number of hydrogen-bond donors (Lipinski definition) is 1. The Bertz CT molecular complexity index is 861. The summed E-state index contributed by atoms with van der Waals surface area (Å²) in [6, 6.07) is 10.6. The van der Waals surface area contributed by atoms with Gasteiger partial charge in [-0.2, -0.15) is 4.31 Å². The molecule has 1 aromatic heterocycles. The van der Waals surface area contributed by atoms with Crippen LogP contribution in [0.2, 0.25) is 0 Å². The molecule has 1 fully saturated rings. The van der Waals surface area contributed by atoms with Crippen molar-refractivity contribution in [1.82, 2.24) is 14.6 Å². The van der Waals surface area contributed by atoms with E-state index in [2.05, 4.69) is 10.3 Å². The van der Waals surface area contributed by atoms with Crippen molar-refractivity contribution in [1.29, 1.82) is 0 Å². The topological polar surface area (TPSA) is 79.4 Å². The first-order chi connectivity index (χ1) is 12.5. The molecule has 6 nitrogen and oxygen atoms in total. The van der Waals surface area contributed by atoms with Crippen molar-refractivity contribution in [2.75, 3.05) is 13.1 Å². The first kappa shape index (κ1) is 18.5. The average Bonchev–Trinajstić information content (AvgIpc) is 2.67. The summed E-state index contributed by atoms with van der Waals surface area (Å²) < 4.78 is 27.0. The zero-order valence-corrected chi connectivity index (χ0v) is 15.6. The molecule has 7 heteroatoms. The average molecular weight is 373 g/mol. The first-order valence-electron chi connectivity index (χ1n) is 8.70. The molecule has 0 bridgehead atoms. The second-order valence-corrected chi connectivity index (χ2v) is 8.51. The minimum Gasteiger partial charge on any atom is -0.352 e. The predicted octanol–water partition coefficient (Wildman–Crippen LogP) is 2.11. The van der Waals surface area contributed by atoms with Crippen LogP contribution < -0.4 is 5.32 Å². The maximum absolute atomic E-state index is 12.7. The van der Waals surface area contributed by atoms with E-state index in [9.17, 15) is 13.2 Å². The largest absolute Gasteiger partial charge is 0.352 e. The number of rotatable bonds is 5. The third-order valence-corrected chi connectivity index (χ3v) is 6.56. The monoisotopic (exact) mass is 373 g/mol. The van der Waals surface area contributed by atoms with Crippen molar-refractivity contribution < 1.29 is 13.2 Å². The van der Waals surface area contributed by atoms with Gasteiger partial charge in [0.2, 0.25) is 15.9 Å². The summed E-state index contributed by atoms with van der Waals surface area (Å²) in [6.07, 6.45) is 4.45. The number of carbonyl (C=O) groups excluding carboxylic acids is 1. The summed E-state index contributed by atoms with van der Waals surface area (Å²) in [5.74, 6) is -0.171. The minimum absolute atomic E-state index is 0.0191. The van der Waals surface area contributed by atoms with Crippen LogP contribution in [0.1, 0.15) is 24.0 Å². The summed E-state index contributed by atoms with van der Waals surface area (Å²) in [4.78, 5) is 16.6. The van der Waals surface area contributed by atoms with E-state index in [0.29, 0.717) is 37.4 Å². The Labute approximate surface area is 154 Å². The molecule has 1 aliphatic rings. The number of aryl methyl sites for hydroxylation is 1. The third-order valence-electron chi connectivity index (χ3n) is 4.67. The third kappa shape index (κ3) is 4.28. The van der Waals surface area contributed by atoms with Crippen molar-refractivity contribution >= 4 is 15.9 Å². The molecular formula is C19H23N3O3S. The molecule has 1 aromatic carbocycles. The van der Waals surface area contributed by atoms with Gasteiger partial charge in [-0.3, -0.25) is 9.78 Å². The van der Waals surface area contributed by atoms with Crippen LogP contribution in [-0.2, 0) is 21.4 Å². The first-order valence-corrected chi connectivity index (χ1v) is 10.1. The molecule has 0 spiro atoms. The summed E-state index contributed by atoms with van der Waals surface area (Å²) >= 11 is 0. The van der Waals surface area contributed by atoms with E-state index in [1.807, 2.05) is 25.1 Å². The molecule has 1 aliphatic heterocycles. The molecule has 0 aliphatic carbocycles. The summed E-state index contributed by atoms with van der Waals surface area (Å²) in [5, 5.41) is 2.93. The molecule has 3 rings (SSSR count). The van der Waals surface area contributed by atoms with Crippen molar-refractivity contribution in [2.24, 2.45) is 5.92 Å². The highest BCUT2D eigenvalue weighted by molar-refractivity contribution is 7.89. The Hall–Kier alpha value is -2.25. The van der Waals surface area contributed by atoms with Crippen LogP contribution >= 0.6 is 0 Å². The van der Waals surface area contributed by atoms with Gasteiger partial charge in [0.15, 0.2) is 0 Å². The van der Waals surface area contributed by atoms with Crippen LogP contribution in [0, 0.1) is 12.8 Å². The van der Waals surface area contributed by atoms with Gasteiger partial charge in [-0.25, -0.2) is 8.42 Å². The van der Waals surface area contributed by atoms with E-state index in [4.69, 9.17) is 0 Å². The van der Waals surface area contributed by atoms with Gasteiger partial charge in [-0.15, -0.1) is 0 Å². The van der Waals surface area contributed by atoms with Crippen LogP contribution in [0.4, 0.5) is 0 Å². The van der Waals surface area contributed by atoms with E-state index >= 15 is 0 Å². The van der Waals surface area contributed by atoms with Crippen LogP contribution in [0.5, 0.6) is 0 Å². The number of sulfonamides is 1. The van der Waals surface area contributed by atoms with E-state index in [1.54, 1.807) is 30.6 Å². The van der Waals surface area contributed by atoms with Gasteiger partial charge in [0, 0.05) is 37.9 Å². The number of nitrogens with one attached hydrogen (secondary N) is 1. The lowest BCUT2D eigenvalue weighted by atomic mass is 9.97. The number of piperidine rings is 1. The Morgan fingerprint density at radius 1 is 1.19 bits per heavy atom. The lowest BCUT2D eigenvalue weighted by molar-refractivity contribution is -0.126. The predicted molar refractivity (Wildman–Crippen MR) is 98.7 cm³/mol. The Morgan fingerprint density at radius 3 is 2.54 bits per heavy atom. The number of aromatic nitrogens is 1. The van der Waals surface area contributed by atoms with Crippen molar-refractivity contribution in [3.63, 3.8) is 0 Å². The zero-order chi connectivity index (χ0) is 18.6. The second-order valence-electron chi connectivity index (χ2n) is 6.57.